The van der Waals surface area contributed by atoms with E-state index in [-0.39, 0.29) is 0 Å². The molecular weight excluding hydrogens is 486 g/mol. The van der Waals surface area contributed by atoms with Crippen molar-refractivity contribution in [3.63, 3.8) is 0 Å². The molecular formula is C9H15FN3O14P3. The van der Waals surface area contributed by atoms with E-state index in [0.717, 1.165) is 0 Å². The molecule has 1 saturated heterocycles. The number of phosphoric ester groups is 1. The lowest BCUT2D eigenvalue weighted by atomic mass is 10.1. The lowest BCUT2D eigenvalue weighted by Gasteiger charge is -2.19. The molecule has 2 heterocycles. The number of H-pyrrole nitrogens is 1. The topological polar surface area (TPSA) is 270 Å². The van der Waals surface area contributed by atoms with Gasteiger partial charge in [-0.2, -0.15) is 13.0 Å². The second-order valence-electron chi connectivity index (χ2n) is 5.66. The zero-order chi connectivity index (χ0) is 23.1. The van der Waals surface area contributed by atoms with Gasteiger partial charge in [0.15, 0.2) is 6.23 Å². The summed E-state index contributed by atoms with van der Waals surface area (Å²) in [6, 6.07) is -1.43. The first kappa shape index (κ1) is 25.2. The lowest BCUT2D eigenvalue weighted by molar-refractivity contribution is -0.0458. The molecule has 0 amide bonds. The number of rotatable bonds is 8. The Kier molecular flexibility index (Phi) is 7.38. The maximum absolute atomic E-state index is 13.4. The Morgan fingerprint density at radius 2 is 1.77 bits per heavy atom. The van der Waals surface area contributed by atoms with Gasteiger partial charge in [-0.15, -0.1) is 0 Å². The van der Waals surface area contributed by atoms with Gasteiger partial charge in [0.05, 0.1) is 18.8 Å². The third-order valence-electron chi connectivity index (χ3n) is 3.44. The number of aromatic amines is 1. The van der Waals surface area contributed by atoms with Crippen molar-refractivity contribution >= 4 is 23.5 Å². The zero-order valence-electron chi connectivity index (χ0n) is 14.2. The monoisotopic (exact) mass is 501 g/mol. The summed E-state index contributed by atoms with van der Waals surface area (Å²) in [7, 11) is -16.8. The predicted molar refractivity (Wildman–Crippen MR) is 89.0 cm³/mol. The van der Waals surface area contributed by atoms with Crippen molar-refractivity contribution in [2.24, 2.45) is 5.73 Å². The third-order valence-corrected chi connectivity index (χ3v) is 7.24. The molecule has 6 atom stereocenters. The van der Waals surface area contributed by atoms with E-state index in [0.29, 0.717) is 10.8 Å². The maximum Gasteiger partial charge on any atom is 0.490 e. The molecule has 172 valence electrons. The second kappa shape index (κ2) is 8.80. The number of nitrogens with one attached hydrogen (secondary N) is 1. The van der Waals surface area contributed by atoms with Gasteiger partial charge in [0.2, 0.25) is 5.82 Å². The molecule has 21 heteroatoms. The van der Waals surface area contributed by atoms with Gasteiger partial charge in [0, 0.05) is 0 Å². The summed E-state index contributed by atoms with van der Waals surface area (Å²) in [5.41, 5.74) is 3.18. The number of halogens is 1. The number of aliphatic hydroxyl groups excluding tert-OH is 1. The molecule has 30 heavy (non-hydrogen) atoms. The zero-order valence-corrected chi connectivity index (χ0v) is 16.9. The molecule has 0 bridgehead atoms. The average molecular weight is 501 g/mol. The molecule has 17 nitrogen and oxygen atoms in total. The van der Waals surface area contributed by atoms with E-state index in [1.54, 1.807) is 4.98 Å². The largest absolute Gasteiger partial charge is 0.490 e. The van der Waals surface area contributed by atoms with Crippen molar-refractivity contribution in [3.05, 3.63) is 32.9 Å². The van der Waals surface area contributed by atoms with E-state index in [4.69, 9.17) is 25.2 Å². The van der Waals surface area contributed by atoms with Crippen LogP contribution in [0.3, 0.4) is 0 Å². The predicted octanol–water partition coefficient (Wildman–Crippen LogP) is -2.40. The minimum Gasteiger partial charge on any atom is -0.389 e. The van der Waals surface area contributed by atoms with Crippen molar-refractivity contribution in [1.29, 1.82) is 0 Å². The van der Waals surface area contributed by atoms with Crippen LogP contribution in [0.1, 0.15) is 6.23 Å². The van der Waals surface area contributed by atoms with Crippen LogP contribution >= 0.6 is 23.5 Å². The molecule has 1 aromatic heterocycles. The Hall–Kier alpha value is -1.10. The van der Waals surface area contributed by atoms with Gasteiger partial charge in [-0.3, -0.25) is 18.9 Å². The molecule has 0 aromatic carbocycles. The van der Waals surface area contributed by atoms with Gasteiger partial charge in [-0.25, -0.2) is 18.5 Å². The minimum absolute atomic E-state index is 0.448. The highest BCUT2D eigenvalue weighted by atomic mass is 31.3. The van der Waals surface area contributed by atoms with Crippen LogP contribution in [0.2, 0.25) is 0 Å². The van der Waals surface area contributed by atoms with E-state index < -0.39 is 71.6 Å². The third kappa shape index (κ3) is 6.45. The molecule has 2 rings (SSSR count). The fraction of sp³-hybridized carbons (Fsp3) is 0.556. The van der Waals surface area contributed by atoms with Crippen LogP contribution in [-0.2, 0) is 31.6 Å². The molecule has 1 aromatic rings. The van der Waals surface area contributed by atoms with Crippen LogP contribution in [0, 0.1) is 5.82 Å². The molecule has 1 fully saturated rings. The number of aromatic nitrogens is 2. The molecule has 0 aliphatic carbocycles. The van der Waals surface area contributed by atoms with Crippen molar-refractivity contribution < 1.29 is 60.6 Å². The Bertz CT molecular complexity index is 1050. The summed E-state index contributed by atoms with van der Waals surface area (Å²) in [4.78, 5) is 59.8. The van der Waals surface area contributed by atoms with Crippen molar-refractivity contribution in [2.75, 3.05) is 6.61 Å². The first-order valence-corrected chi connectivity index (χ1v) is 11.9. The van der Waals surface area contributed by atoms with Crippen LogP contribution in [0.4, 0.5) is 4.39 Å². The Morgan fingerprint density at radius 3 is 2.33 bits per heavy atom. The van der Waals surface area contributed by atoms with Crippen LogP contribution in [0.25, 0.3) is 0 Å². The Balaban J connectivity index is 2.09. The van der Waals surface area contributed by atoms with Crippen LogP contribution < -0.4 is 17.0 Å². The van der Waals surface area contributed by atoms with Crippen LogP contribution in [0.15, 0.2) is 15.8 Å². The molecule has 0 radical (unpaired) electrons. The van der Waals surface area contributed by atoms with E-state index in [9.17, 15) is 37.7 Å². The average Bonchev–Trinajstić information content (AvgIpc) is 2.81. The normalized spacial score (nSPS) is 28.8. The lowest BCUT2D eigenvalue weighted by Crippen LogP contribution is -2.43. The van der Waals surface area contributed by atoms with Crippen molar-refractivity contribution in [1.82, 2.24) is 9.55 Å². The molecule has 2 unspecified atom stereocenters. The van der Waals surface area contributed by atoms with E-state index in [1.165, 1.54) is 0 Å². The first-order valence-electron chi connectivity index (χ1n) is 7.40. The quantitative estimate of drug-likeness (QED) is 0.183. The number of nitrogens with two attached hydrogens (primary N) is 1. The summed E-state index contributed by atoms with van der Waals surface area (Å²) < 4.78 is 63.9. The minimum atomic E-state index is -5.75. The van der Waals surface area contributed by atoms with E-state index in [1.807, 2.05) is 0 Å². The van der Waals surface area contributed by atoms with Crippen molar-refractivity contribution in [3.8, 4) is 0 Å². The number of nitrogens with zero attached hydrogens (tertiary/aromatic N) is 1. The van der Waals surface area contributed by atoms with E-state index >= 15 is 0 Å². The van der Waals surface area contributed by atoms with Crippen LogP contribution in [0.5, 0.6) is 0 Å². The maximum atomic E-state index is 13.4. The number of ether oxygens (including phenoxy) is 1. The molecule has 0 saturated carbocycles. The first-order chi connectivity index (χ1) is 13.5. The van der Waals surface area contributed by atoms with E-state index in [2.05, 4.69) is 13.1 Å². The number of hydrogen-bond acceptors (Lipinski definition) is 11. The fourth-order valence-corrected chi connectivity index (χ4v) is 5.31. The highest BCUT2D eigenvalue weighted by molar-refractivity contribution is 7.66. The summed E-state index contributed by atoms with van der Waals surface area (Å²) >= 11 is 0. The van der Waals surface area contributed by atoms with Gasteiger partial charge >= 0.3 is 29.2 Å². The summed E-state index contributed by atoms with van der Waals surface area (Å²) in [6.45, 7) is -1.06. The molecule has 0 spiro atoms. The second-order valence-corrected chi connectivity index (χ2v) is 10.1. The molecule has 1 aliphatic rings. The van der Waals surface area contributed by atoms with Crippen LogP contribution in [-0.4, -0.2) is 59.1 Å². The van der Waals surface area contributed by atoms with Gasteiger partial charge in [0.25, 0.3) is 5.56 Å². The summed E-state index contributed by atoms with van der Waals surface area (Å²) in [5.74, 6) is -1.38. The number of aliphatic hydroxyl groups is 1. The van der Waals surface area contributed by atoms with Gasteiger partial charge in [0.1, 0.15) is 12.2 Å². The molecule has 8 N–H and O–H groups in total. The SMILES string of the molecule is N[C@@H]1[C@H](O)[C@@H](COP(=O)(O)OP(=O)(O)OP(=O)(O)O)O[C@H]1n1cc(F)c(=O)[nH]c1=O. The number of phosphoric acid groups is 3. The number of hydrogen-bond donors (Lipinski definition) is 7. The van der Waals surface area contributed by atoms with Crippen molar-refractivity contribution in [2.45, 2.75) is 24.5 Å². The summed E-state index contributed by atoms with van der Waals surface area (Å²) in [6.07, 6.45) is -4.38. The summed E-state index contributed by atoms with van der Waals surface area (Å²) in [5, 5.41) is 10.0. The standard InChI is InChI=1S/C9H15FN3O14P3/c10-3-1-13(9(16)12-7(3)15)8-5(11)6(14)4(25-8)2-24-29(20,21)27-30(22,23)26-28(17,18)19/h1,4-6,8,14H,2,11H2,(H,20,21)(H,22,23)(H,12,15,16)(H2,17,18,19)/t4-,5-,6-,8-/m1/s1. The van der Waals surface area contributed by atoms with Gasteiger partial charge < -0.3 is 35.2 Å². The van der Waals surface area contributed by atoms with Gasteiger partial charge in [-0.05, 0) is 0 Å². The van der Waals surface area contributed by atoms with Gasteiger partial charge in [-0.1, -0.05) is 0 Å². The Labute approximate surface area is 164 Å². The fourth-order valence-electron chi connectivity index (χ4n) is 2.28. The Morgan fingerprint density at radius 1 is 1.17 bits per heavy atom. The highest BCUT2D eigenvalue weighted by Gasteiger charge is 2.46. The highest BCUT2D eigenvalue weighted by Crippen LogP contribution is 2.66. The smallest absolute Gasteiger partial charge is 0.389 e. The molecule has 1 aliphatic heterocycles.